The minimum absolute atomic E-state index is 0.0488. The molecule has 1 rings (SSSR count). The van der Waals surface area contributed by atoms with Gasteiger partial charge in [-0.1, -0.05) is 20.3 Å². The van der Waals surface area contributed by atoms with E-state index in [1.165, 1.54) is 6.33 Å². The van der Waals surface area contributed by atoms with E-state index < -0.39 is 0 Å². The van der Waals surface area contributed by atoms with Crippen molar-refractivity contribution in [1.29, 1.82) is 0 Å². The predicted molar refractivity (Wildman–Crippen MR) is 74.8 cm³/mol. The lowest BCUT2D eigenvalue weighted by molar-refractivity contribution is 0.234. The van der Waals surface area contributed by atoms with Gasteiger partial charge in [-0.05, 0) is 26.7 Å². The number of nitrogens with two attached hydrogens (primary N) is 1. The second-order valence-electron chi connectivity index (χ2n) is 4.65. The van der Waals surface area contributed by atoms with Gasteiger partial charge in [0.2, 0.25) is 5.88 Å². The molecule has 3 N–H and O–H groups in total. The number of hydrogen-bond acceptors (Lipinski definition) is 5. The number of ether oxygens (including phenoxy) is 1. The van der Waals surface area contributed by atoms with Crippen molar-refractivity contribution in [1.82, 2.24) is 9.97 Å². The normalized spacial score (nSPS) is 12.5. The standard InChI is InChI=1S/C13H24N4O/c1-5-7-10(6-2)17-12-11(14)13(16-8-15-12)18-9(3)4/h8-10H,5-7,14H2,1-4H3,(H,15,16,17). The van der Waals surface area contributed by atoms with Gasteiger partial charge >= 0.3 is 0 Å². The SMILES string of the molecule is CCCC(CC)Nc1ncnc(OC(C)C)c1N. The van der Waals surface area contributed by atoms with Crippen LogP contribution >= 0.6 is 0 Å². The van der Waals surface area contributed by atoms with Crippen LogP contribution < -0.4 is 15.8 Å². The van der Waals surface area contributed by atoms with Gasteiger partial charge in [0, 0.05) is 6.04 Å². The summed E-state index contributed by atoms with van der Waals surface area (Å²) in [5.41, 5.74) is 6.51. The highest BCUT2D eigenvalue weighted by atomic mass is 16.5. The summed E-state index contributed by atoms with van der Waals surface area (Å²) in [6, 6.07) is 0.388. The summed E-state index contributed by atoms with van der Waals surface area (Å²) in [7, 11) is 0. The Labute approximate surface area is 109 Å². The molecule has 102 valence electrons. The minimum Gasteiger partial charge on any atom is -0.473 e. The smallest absolute Gasteiger partial charge is 0.242 e. The van der Waals surface area contributed by atoms with Gasteiger partial charge in [0.05, 0.1) is 6.10 Å². The van der Waals surface area contributed by atoms with Crippen LogP contribution in [0.15, 0.2) is 6.33 Å². The Morgan fingerprint density at radius 1 is 1.33 bits per heavy atom. The number of nitrogens with zero attached hydrogens (tertiary/aromatic N) is 2. The Morgan fingerprint density at radius 2 is 2.06 bits per heavy atom. The van der Waals surface area contributed by atoms with Gasteiger partial charge in [0.1, 0.15) is 12.0 Å². The molecule has 0 amide bonds. The van der Waals surface area contributed by atoms with Crippen LogP contribution in [0.1, 0.15) is 47.0 Å². The largest absolute Gasteiger partial charge is 0.473 e. The van der Waals surface area contributed by atoms with Gasteiger partial charge in [0.15, 0.2) is 5.82 Å². The van der Waals surface area contributed by atoms with E-state index in [1.807, 2.05) is 13.8 Å². The average Bonchev–Trinajstić information content (AvgIpc) is 2.32. The summed E-state index contributed by atoms with van der Waals surface area (Å²) in [6.45, 7) is 8.21. The number of anilines is 2. The van der Waals surface area contributed by atoms with Crippen LogP contribution in [-0.2, 0) is 0 Å². The van der Waals surface area contributed by atoms with Crippen molar-refractivity contribution in [3.05, 3.63) is 6.33 Å². The molecular formula is C13H24N4O. The van der Waals surface area contributed by atoms with Crippen molar-refractivity contribution < 1.29 is 4.74 Å². The van der Waals surface area contributed by atoms with Gasteiger partial charge in [-0.25, -0.2) is 4.98 Å². The fraction of sp³-hybridized carbons (Fsp3) is 0.692. The second kappa shape index (κ2) is 7.03. The van der Waals surface area contributed by atoms with E-state index in [2.05, 4.69) is 29.1 Å². The second-order valence-corrected chi connectivity index (χ2v) is 4.65. The molecule has 18 heavy (non-hydrogen) atoms. The fourth-order valence-electron chi connectivity index (χ4n) is 1.73. The van der Waals surface area contributed by atoms with Crippen LogP contribution in [0.5, 0.6) is 5.88 Å². The van der Waals surface area contributed by atoms with E-state index in [4.69, 9.17) is 10.5 Å². The van der Waals surface area contributed by atoms with Crippen molar-refractivity contribution >= 4 is 11.5 Å². The zero-order valence-electron chi connectivity index (χ0n) is 11.7. The van der Waals surface area contributed by atoms with Crippen LogP contribution in [0.3, 0.4) is 0 Å². The first-order chi connectivity index (χ1) is 8.58. The molecule has 0 saturated carbocycles. The molecular weight excluding hydrogens is 228 g/mol. The van der Waals surface area contributed by atoms with Crippen molar-refractivity contribution in [2.45, 2.75) is 59.1 Å². The third kappa shape index (κ3) is 4.05. The number of nitrogens with one attached hydrogen (secondary N) is 1. The Kier molecular flexibility index (Phi) is 5.68. The molecule has 0 fully saturated rings. The summed E-state index contributed by atoms with van der Waals surface area (Å²) in [6.07, 6.45) is 4.80. The lowest BCUT2D eigenvalue weighted by Gasteiger charge is -2.19. The molecule has 0 spiro atoms. The van der Waals surface area contributed by atoms with Crippen molar-refractivity contribution in [2.24, 2.45) is 0 Å². The lowest BCUT2D eigenvalue weighted by atomic mass is 10.1. The number of hydrogen-bond donors (Lipinski definition) is 2. The molecule has 0 saturated heterocycles. The van der Waals surface area contributed by atoms with Crippen LogP contribution in [-0.4, -0.2) is 22.1 Å². The van der Waals surface area contributed by atoms with E-state index in [-0.39, 0.29) is 6.10 Å². The van der Waals surface area contributed by atoms with Crippen LogP contribution in [0.4, 0.5) is 11.5 Å². The third-order valence-corrected chi connectivity index (χ3v) is 2.67. The Hall–Kier alpha value is -1.52. The zero-order valence-corrected chi connectivity index (χ0v) is 11.7. The molecule has 0 aliphatic heterocycles. The number of nitrogen functional groups attached to an aromatic ring is 1. The summed E-state index contributed by atoms with van der Waals surface area (Å²) >= 11 is 0. The first-order valence-corrected chi connectivity index (χ1v) is 6.62. The third-order valence-electron chi connectivity index (χ3n) is 2.67. The molecule has 0 aliphatic rings. The summed E-state index contributed by atoms with van der Waals surface area (Å²) < 4.78 is 5.54. The molecule has 1 heterocycles. The maximum absolute atomic E-state index is 6.02. The Morgan fingerprint density at radius 3 is 2.61 bits per heavy atom. The maximum Gasteiger partial charge on any atom is 0.242 e. The minimum atomic E-state index is 0.0488. The van der Waals surface area contributed by atoms with Gasteiger partial charge in [-0.15, -0.1) is 0 Å². The van der Waals surface area contributed by atoms with Crippen molar-refractivity contribution in [3.8, 4) is 5.88 Å². The van der Waals surface area contributed by atoms with Crippen LogP contribution in [0.2, 0.25) is 0 Å². The number of aromatic nitrogens is 2. The molecule has 5 heteroatoms. The molecule has 0 aromatic carbocycles. The monoisotopic (exact) mass is 252 g/mol. The van der Waals surface area contributed by atoms with Crippen molar-refractivity contribution in [2.75, 3.05) is 11.1 Å². The first-order valence-electron chi connectivity index (χ1n) is 6.62. The Bertz CT molecular complexity index is 368. The zero-order chi connectivity index (χ0) is 13.5. The molecule has 1 aromatic rings. The van der Waals surface area contributed by atoms with Crippen LogP contribution in [0.25, 0.3) is 0 Å². The molecule has 1 aromatic heterocycles. The fourth-order valence-corrected chi connectivity index (χ4v) is 1.73. The quantitative estimate of drug-likeness (QED) is 0.780. The molecule has 5 nitrogen and oxygen atoms in total. The molecule has 1 unspecified atom stereocenters. The van der Waals surface area contributed by atoms with Gasteiger partial charge in [0.25, 0.3) is 0 Å². The van der Waals surface area contributed by atoms with Crippen molar-refractivity contribution in [3.63, 3.8) is 0 Å². The molecule has 0 aliphatic carbocycles. The van der Waals surface area contributed by atoms with Crippen LogP contribution in [0, 0.1) is 0 Å². The lowest BCUT2D eigenvalue weighted by Crippen LogP contribution is -2.20. The van der Waals surface area contributed by atoms with Gasteiger partial charge in [-0.2, -0.15) is 4.98 Å². The van der Waals surface area contributed by atoms with Gasteiger partial charge in [-0.3, -0.25) is 0 Å². The first kappa shape index (κ1) is 14.5. The molecule has 0 radical (unpaired) electrons. The highest BCUT2D eigenvalue weighted by Crippen LogP contribution is 2.26. The van der Waals surface area contributed by atoms with E-state index in [1.54, 1.807) is 0 Å². The molecule has 1 atom stereocenters. The Balaban J connectivity index is 2.82. The summed E-state index contributed by atoms with van der Waals surface area (Å²) in [5.74, 6) is 1.12. The highest BCUT2D eigenvalue weighted by Gasteiger charge is 2.13. The van der Waals surface area contributed by atoms with E-state index >= 15 is 0 Å². The predicted octanol–water partition coefficient (Wildman–Crippen LogP) is 2.84. The highest BCUT2D eigenvalue weighted by molar-refractivity contribution is 5.66. The summed E-state index contributed by atoms with van der Waals surface area (Å²) in [4.78, 5) is 8.25. The van der Waals surface area contributed by atoms with E-state index in [9.17, 15) is 0 Å². The topological polar surface area (TPSA) is 73.1 Å². The van der Waals surface area contributed by atoms with E-state index in [0.717, 1.165) is 19.3 Å². The molecule has 0 bridgehead atoms. The number of rotatable bonds is 7. The van der Waals surface area contributed by atoms with Gasteiger partial charge < -0.3 is 15.8 Å². The maximum atomic E-state index is 6.02. The average molecular weight is 252 g/mol. The summed E-state index contributed by atoms with van der Waals surface area (Å²) in [5, 5.41) is 3.36. The van der Waals surface area contributed by atoms with E-state index in [0.29, 0.717) is 23.4 Å².